The Morgan fingerprint density at radius 3 is 1.58 bits per heavy atom. The minimum Gasteiger partial charge on any atom is -0.388 e. The van der Waals surface area contributed by atoms with Crippen molar-refractivity contribution in [3.8, 4) is 0 Å². The third kappa shape index (κ3) is 7.83. The number of benzene rings is 3. The Morgan fingerprint density at radius 1 is 0.583 bits per heavy atom. The van der Waals surface area contributed by atoms with Crippen molar-refractivity contribution in [2.75, 3.05) is 6.61 Å². The molecule has 4 atom stereocenters. The van der Waals surface area contributed by atoms with Crippen LogP contribution in [0.15, 0.2) is 109 Å². The maximum Gasteiger partial charge on any atom is 0.118 e. The van der Waals surface area contributed by atoms with Crippen molar-refractivity contribution in [1.82, 2.24) is 0 Å². The molecule has 0 fully saturated rings. The Kier molecular flexibility index (Phi) is 10.2. The molecule has 3 aromatic carbocycles. The Bertz CT molecular complexity index is 1110. The lowest BCUT2D eigenvalue weighted by Gasteiger charge is -2.33. The fraction of sp³-hybridized carbons (Fsp3) is 0.267. The molecule has 0 aliphatic rings. The minimum absolute atomic E-state index is 0.0384. The van der Waals surface area contributed by atoms with E-state index in [4.69, 9.17) is 14.2 Å². The second kappa shape index (κ2) is 14.0. The normalized spacial score (nSPS) is 14.7. The summed E-state index contributed by atoms with van der Waals surface area (Å²) in [6.07, 6.45) is -3.64. The number of hydrogen-bond donors (Lipinski definition) is 2. The highest BCUT2D eigenvalue weighted by Gasteiger charge is 2.37. The van der Waals surface area contributed by atoms with Crippen LogP contribution in [0.2, 0.25) is 0 Å². The fourth-order valence-electron chi connectivity index (χ4n) is 3.91. The first-order valence-electron chi connectivity index (χ1n) is 12.0. The van der Waals surface area contributed by atoms with Gasteiger partial charge in [-0.05, 0) is 28.1 Å². The molecule has 0 bridgehead atoms. The number of thiophene rings is 1. The zero-order valence-corrected chi connectivity index (χ0v) is 20.9. The largest absolute Gasteiger partial charge is 0.388 e. The molecule has 6 heteroatoms. The maximum atomic E-state index is 11.3. The molecule has 4 aromatic rings. The van der Waals surface area contributed by atoms with E-state index in [2.05, 4.69) is 0 Å². The van der Waals surface area contributed by atoms with Crippen LogP contribution in [0.1, 0.15) is 27.7 Å². The fourth-order valence-corrected chi connectivity index (χ4v) is 4.66. The zero-order valence-electron chi connectivity index (χ0n) is 20.1. The molecule has 0 amide bonds. The highest BCUT2D eigenvalue weighted by Crippen LogP contribution is 2.29. The van der Waals surface area contributed by atoms with Gasteiger partial charge in [-0.3, -0.25) is 0 Å². The smallest absolute Gasteiger partial charge is 0.118 e. The number of aliphatic hydroxyl groups excluding tert-OH is 2. The third-order valence-electron chi connectivity index (χ3n) is 5.82. The number of rotatable bonds is 14. The average Bonchev–Trinajstić information content (AvgIpc) is 3.47. The van der Waals surface area contributed by atoms with Gasteiger partial charge in [0.15, 0.2) is 0 Å². The predicted octanol–water partition coefficient (Wildman–Crippen LogP) is 5.53. The van der Waals surface area contributed by atoms with E-state index < -0.39 is 24.4 Å². The number of ether oxygens (including phenoxy) is 3. The van der Waals surface area contributed by atoms with E-state index in [0.29, 0.717) is 6.61 Å². The minimum atomic E-state index is -1.02. The van der Waals surface area contributed by atoms with Gasteiger partial charge in [-0.25, -0.2) is 0 Å². The van der Waals surface area contributed by atoms with Gasteiger partial charge in [0, 0.05) is 4.88 Å². The topological polar surface area (TPSA) is 68.2 Å². The molecule has 0 aliphatic heterocycles. The lowest BCUT2D eigenvalue weighted by Crippen LogP contribution is -2.46. The summed E-state index contributed by atoms with van der Waals surface area (Å²) in [6.45, 7) is 0.948. The van der Waals surface area contributed by atoms with E-state index in [-0.39, 0.29) is 19.8 Å². The molecule has 0 radical (unpaired) electrons. The van der Waals surface area contributed by atoms with Gasteiger partial charge in [0.05, 0.1) is 26.4 Å². The van der Waals surface area contributed by atoms with E-state index in [9.17, 15) is 10.2 Å². The monoisotopic (exact) mass is 504 g/mol. The van der Waals surface area contributed by atoms with Crippen molar-refractivity contribution in [2.24, 2.45) is 0 Å². The van der Waals surface area contributed by atoms with Crippen LogP contribution in [0.3, 0.4) is 0 Å². The second-order valence-corrected chi connectivity index (χ2v) is 9.53. The molecule has 0 saturated carbocycles. The van der Waals surface area contributed by atoms with Crippen molar-refractivity contribution in [3.05, 3.63) is 130 Å². The molecule has 0 aliphatic carbocycles. The molecule has 1 aromatic heterocycles. The lowest BCUT2D eigenvalue weighted by atomic mass is 10.0. The van der Waals surface area contributed by atoms with Crippen molar-refractivity contribution in [1.29, 1.82) is 0 Å². The van der Waals surface area contributed by atoms with E-state index in [1.807, 2.05) is 109 Å². The summed E-state index contributed by atoms with van der Waals surface area (Å²) < 4.78 is 18.4. The third-order valence-corrected chi connectivity index (χ3v) is 6.76. The van der Waals surface area contributed by atoms with Crippen LogP contribution in [-0.4, -0.2) is 35.1 Å². The summed E-state index contributed by atoms with van der Waals surface area (Å²) in [4.78, 5) is 0.749. The van der Waals surface area contributed by atoms with E-state index in [1.54, 1.807) is 0 Å². The second-order valence-electron chi connectivity index (χ2n) is 8.55. The highest BCUT2D eigenvalue weighted by molar-refractivity contribution is 7.10. The molecule has 1 heterocycles. The molecular weight excluding hydrogens is 472 g/mol. The molecule has 4 rings (SSSR count). The van der Waals surface area contributed by atoms with Gasteiger partial charge in [0.25, 0.3) is 0 Å². The van der Waals surface area contributed by atoms with Crippen molar-refractivity contribution in [2.45, 2.75) is 44.2 Å². The van der Waals surface area contributed by atoms with E-state index >= 15 is 0 Å². The van der Waals surface area contributed by atoms with Gasteiger partial charge in [-0.15, -0.1) is 11.3 Å². The molecule has 188 valence electrons. The van der Waals surface area contributed by atoms with Crippen LogP contribution in [0, 0.1) is 0 Å². The van der Waals surface area contributed by atoms with Gasteiger partial charge in [-0.1, -0.05) is 97.1 Å². The maximum absolute atomic E-state index is 11.3. The standard InChI is InChI=1S/C30H32O5S/c31-26(22-33-19-23-11-4-1-5-12-23)29(34-20-24-13-6-2-7-14-24)30(28(32)27-17-10-18-36-27)35-21-25-15-8-3-9-16-25/h1-18,26,28-32H,19-22H2/t26-,28-,29-,30+/m1/s1. The summed E-state index contributed by atoms with van der Waals surface area (Å²) in [5, 5.41) is 24.5. The van der Waals surface area contributed by atoms with Crippen LogP contribution in [0.5, 0.6) is 0 Å². The molecular formula is C30H32O5S. The van der Waals surface area contributed by atoms with Gasteiger partial charge < -0.3 is 24.4 Å². The van der Waals surface area contributed by atoms with Gasteiger partial charge in [-0.2, -0.15) is 0 Å². The Balaban J connectivity index is 1.52. The number of hydrogen-bond acceptors (Lipinski definition) is 6. The van der Waals surface area contributed by atoms with Crippen molar-refractivity contribution < 1.29 is 24.4 Å². The van der Waals surface area contributed by atoms with Crippen molar-refractivity contribution >= 4 is 11.3 Å². The van der Waals surface area contributed by atoms with Crippen LogP contribution >= 0.6 is 11.3 Å². The first kappa shape index (κ1) is 26.2. The predicted molar refractivity (Wildman–Crippen MR) is 141 cm³/mol. The van der Waals surface area contributed by atoms with Crippen molar-refractivity contribution in [3.63, 3.8) is 0 Å². The summed E-state index contributed by atoms with van der Waals surface area (Å²) in [5.74, 6) is 0. The zero-order chi connectivity index (χ0) is 25.0. The summed E-state index contributed by atoms with van der Waals surface area (Å²) in [7, 11) is 0. The summed E-state index contributed by atoms with van der Waals surface area (Å²) in [6, 6.07) is 33.1. The van der Waals surface area contributed by atoms with Crippen LogP contribution < -0.4 is 0 Å². The van der Waals surface area contributed by atoms with Gasteiger partial charge in [0.1, 0.15) is 24.4 Å². The lowest BCUT2D eigenvalue weighted by molar-refractivity contribution is -0.176. The molecule has 0 spiro atoms. The highest BCUT2D eigenvalue weighted by atomic mass is 32.1. The average molecular weight is 505 g/mol. The summed E-state index contributed by atoms with van der Waals surface area (Å²) in [5.41, 5.74) is 2.95. The SMILES string of the molecule is O[C@H](COCc1ccccc1)[C@@H](OCc1ccccc1)[C@@H](OCc1ccccc1)[C@H](O)c1cccs1. The van der Waals surface area contributed by atoms with E-state index in [0.717, 1.165) is 21.6 Å². The Hall–Kier alpha value is -2.84. The van der Waals surface area contributed by atoms with Gasteiger partial charge in [0.2, 0.25) is 0 Å². The molecule has 0 saturated heterocycles. The quantitative estimate of drug-likeness (QED) is 0.236. The van der Waals surface area contributed by atoms with Gasteiger partial charge >= 0.3 is 0 Å². The molecule has 0 unspecified atom stereocenters. The number of aliphatic hydroxyl groups is 2. The van der Waals surface area contributed by atoms with Crippen LogP contribution in [0.4, 0.5) is 0 Å². The Morgan fingerprint density at radius 2 is 1.08 bits per heavy atom. The molecule has 5 nitrogen and oxygen atoms in total. The molecule has 36 heavy (non-hydrogen) atoms. The van der Waals surface area contributed by atoms with Crippen LogP contribution in [-0.2, 0) is 34.0 Å². The van der Waals surface area contributed by atoms with E-state index in [1.165, 1.54) is 11.3 Å². The first-order chi connectivity index (χ1) is 17.7. The Labute approximate surface area is 216 Å². The van der Waals surface area contributed by atoms with Crippen LogP contribution in [0.25, 0.3) is 0 Å². The summed E-state index contributed by atoms with van der Waals surface area (Å²) >= 11 is 1.44. The first-order valence-corrected chi connectivity index (χ1v) is 12.9. The molecule has 2 N–H and O–H groups in total.